The molecule has 3 N–H and O–H groups in total. The average Bonchev–Trinajstić information content (AvgIpc) is 2.83. The summed E-state index contributed by atoms with van der Waals surface area (Å²) in [5, 5.41) is 3.32. The summed E-state index contributed by atoms with van der Waals surface area (Å²) in [6, 6.07) is 0. The molecule has 1 heterocycles. The van der Waals surface area contributed by atoms with Crippen molar-refractivity contribution in [3.05, 3.63) is 0 Å². The van der Waals surface area contributed by atoms with E-state index in [0.717, 1.165) is 24.3 Å². The fourth-order valence-electron chi connectivity index (χ4n) is 1.80. The number of hydrogen-bond acceptors (Lipinski definition) is 2. The molecule has 0 saturated carbocycles. The maximum Gasteiger partial charge on any atom is -0.00200 e. The van der Waals surface area contributed by atoms with Gasteiger partial charge >= 0.3 is 0 Å². The molecule has 0 aromatic rings. The normalized spacial score (nSPS) is 24.0. The van der Waals surface area contributed by atoms with Crippen LogP contribution in [0, 0.1) is 23.7 Å². The van der Waals surface area contributed by atoms with Gasteiger partial charge in [-0.3, -0.25) is 0 Å². The van der Waals surface area contributed by atoms with Gasteiger partial charge in [-0.1, -0.05) is 74.1 Å². The first-order valence-corrected chi connectivity index (χ1v) is 8.83. The molecular formula is C18H42N2. The van der Waals surface area contributed by atoms with Gasteiger partial charge in [-0.25, -0.2) is 0 Å². The van der Waals surface area contributed by atoms with Gasteiger partial charge < -0.3 is 11.1 Å². The van der Waals surface area contributed by atoms with Crippen LogP contribution in [0.1, 0.15) is 74.1 Å². The number of nitrogens with one attached hydrogen (secondary N) is 1. The molecule has 0 aliphatic carbocycles. The highest BCUT2D eigenvalue weighted by Gasteiger charge is 2.16. The summed E-state index contributed by atoms with van der Waals surface area (Å²) >= 11 is 0. The number of hydrogen-bond donors (Lipinski definition) is 2. The minimum Gasteiger partial charge on any atom is -0.330 e. The average molecular weight is 287 g/mol. The Labute approximate surface area is 129 Å². The monoisotopic (exact) mass is 286 g/mol. The minimum absolute atomic E-state index is 0.713. The van der Waals surface area contributed by atoms with Crippen molar-refractivity contribution in [2.45, 2.75) is 74.1 Å². The lowest BCUT2D eigenvalue weighted by Crippen LogP contribution is -2.08. The molecule has 0 spiro atoms. The summed E-state index contributed by atoms with van der Waals surface area (Å²) in [6.07, 6.45) is 5.29. The molecule has 0 radical (unpaired) electrons. The van der Waals surface area contributed by atoms with Crippen LogP contribution in [-0.4, -0.2) is 19.6 Å². The summed E-state index contributed by atoms with van der Waals surface area (Å²) in [5.74, 6) is 3.47. The van der Waals surface area contributed by atoms with Crippen molar-refractivity contribution in [3.8, 4) is 0 Å². The van der Waals surface area contributed by atoms with Crippen LogP contribution in [0.3, 0.4) is 0 Å². The molecule has 1 aliphatic rings. The molecule has 1 fully saturated rings. The van der Waals surface area contributed by atoms with E-state index in [1.807, 2.05) is 0 Å². The molecule has 124 valence electrons. The Morgan fingerprint density at radius 3 is 1.50 bits per heavy atom. The quantitative estimate of drug-likeness (QED) is 0.769. The third-order valence-electron chi connectivity index (χ3n) is 4.48. The summed E-state index contributed by atoms with van der Waals surface area (Å²) in [4.78, 5) is 0. The maximum absolute atomic E-state index is 5.28. The second-order valence-corrected chi connectivity index (χ2v) is 6.66. The molecule has 4 atom stereocenters. The molecule has 1 rings (SSSR count). The zero-order valence-electron chi connectivity index (χ0n) is 15.3. The Hall–Kier alpha value is -0.0800. The van der Waals surface area contributed by atoms with E-state index in [1.165, 1.54) is 38.8 Å². The fourth-order valence-corrected chi connectivity index (χ4v) is 1.80. The lowest BCUT2D eigenvalue weighted by Gasteiger charge is -2.03. The first kappa shape index (κ1) is 22.2. The van der Waals surface area contributed by atoms with E-state index in [1.54, 1.807) is 0 Å². The molecular weight excluding hydrogens is 244 g/mol. The predicted molar refractivity (Wildman–Crippen MR) is 94.1 cm³/mol. The zero-order chi connectivity index (χ0) is 16.0. The first-order valence-electron chi connectivity index (χ1n) is 8.83. The van der Waals surface area contributed by atoms with E-state index in [4.69, 9.17) is 5.73 Å². The van der Waals surface area contributed by atoms with E-state index >= 15 is 0 Å². The van der Waals surface area contributed by atoms with Crippen LogP contribution >= 0.6 is 0 Å². The number of nitrogens with two attached hydrogens (primary N) is 1. The van der Waals surface area contributed by atoms with Crippen LogP contribution < -0.4 is 11.1 Å². The molecule has 0 bridgehead atoms. The van der Waals surface area contributed by atoms with Crippen LogP contribution in [0.2, 0.25) is 0 Å². The van der Waals surface area contributed by atoms with Crippen molar-refractivity contribution in [1.82, 2.24) is 5.32 Å². The molecule has 0 amide bonds. The van der Waals surface area contributed by atoms with Crippen LogP contribution in [-0.2, 0) is 0 Å². The molecule has 2 nitrogen and oxygen atoms in total. The Morgan fingerprint density at radius 2 is 1.40 bits per heavy atom. The van der Waals surface area contributed by atoms with Crippen LogP contribution in [0.15, 0.2) is 0 Å². The lowest BCUT2D eigenvalue weighted by molar-refractivity contribution is 0.494. The van der Waals surface area contributed by atoms with Crippen LogP contribution in [0.5, 0.6) is 0 Å². The van der Waals surface area contributed by atoms with E-state index in [2.05, 4.69) is 53.8 Å². The van der Waals surface area contributed by atoms with Crippen molar-refractivity contribution in [3.63, 3.8) is 0 Å². The van der Waals surface area contributed by atoms with E-state index in [9.17, 15) is 0 Å². The third-order valence-corrected chi connectivity index (χ3v) is 4.48. The molecule has 1 aliphatic heterocycles. The molecule has 4 unspecified atom stereocenters. The Bertz CT molecular complexity index is 170. The van der Waals surface area contributed by atoms with Crippen molar-refractivity contribution in [1.29, 1.82) is 0 Å². The highest BCUT2D eigenvalue weighted by atomic mass is 14.9. The van der Waals surface area contributed by atoms with Crippen LogP contribution in [0.25, 0.3) is 0 Å². The van der Waals surface area contributed by atoms with Gasteiger partial charge in [-0.2, -0.15) is 0 Å². The number of rotatable bonds is 5. The highest BCUT2D eigenvalue weighted by Crippen LogP contribution is 2.13. The summed E-state index contributed by atoms with van der Waals surface area (Å²) in [7, 11) is 0. The van der Waals surface area contributed by atoms with Gasteiger partial charge in [-0.05, 0) is 43.3 Å². The van der Waals surface area contributed by atoms with Crippen molar-refractivity contribution < 1.29 is 0 Å². The fraction of sp³-hybridized carbons (Fsp3) is 1.00. The first-order chi connectivity index (χ1) is 9.42. The largest absolute Gasteiger partial charge is 0.330 e. The Balaban J connectivity index is 0. The highest BCUT2D eigenvalue weighted by molar-refractivity contribution is 4.73. The van der Waals surface area contributed by atoms with E-state index in [0.29, 0.717) is 5.92 Å². The Kier molecular flexibility index (Phi) is 17.0. The van der Waals surface area contributed by atoms with Gasteiger partial charge in [0.05, 0.1) is 0 Å². The van der Waals surface area contributed by atoms with E-state index in [-0.39, 0.29) is 0 Å². The van der Waals surface area contributed by atoms with Gasteiger partial charge in [0.2, 0.25) is 0 Å². The van der Waals surface area contributed by atoms with Crippen molar-refractivity contribution >= 4 is 0 Å². The summed E-state index contributed by atoms with van der Waals surface area (Å²) < 4.78 is 0. The van der Waals surface area contributed by atoms with Gasteiger partial charge in [0, 0.05) is 0 Å². The molecule has 20 heavy (non-hydrogen) atoms. The predicted octanol–water partition coefficient (Wildman–Crippen LogP) is 4.69. The van der Waals surface area contributed by atoms with Gasteiger partial charge in [0.1, 0.15) is 0 Å². The molecule has 2 heteroatoms. The SMILES string of the molecule is CC1CNCC1C.CCC(C)CN.CCCC(C)CC. The van der Waals surface area contributed by atoms with Crippen molar-refractivity contribution in [2.24, 2.45) is 29.4 Å². The minimum atomic E-state index is 0.713. The van der Waals surface area contributed by atoms with E-state index < -0.39 is 0 Å². The van der Waals surface area contributed by atoms with Gasteiger partial charge in [0.15, 0.2) is 0 Å². The van der Waals surface area contributed by atoms with Crippen LogP contribution in [0.4, 0.5) is 0 Å². The lowest BCUT2D eigenvalue weighted by atomic mass is 10.0. The second kappa shape index (κ2) is 15.3. The Morgan fingerprint density at radius 1 is 0.950 bits per heavy atom. The maximum atomic E-state index is 5.28. The molecule has 0 aromatic carbocycles. The molecule has 1 saturated heterocycles. The van der Waals surface area contributed by atoms with Gasteiger partial charge in [0.25, 0.3) is 0 Å². The molecule has 0 aromatic heterocycles. The van der Waals surface area contributed by atoms with Crippen molar-refractivity contribution in [2.75, 3.05) is 19.6 Å². The third kappa shape index (κ3) is 14.3. The summed E-state index contributed by atoms with van der Waals surface area (Å²) in [5.41, 5.74) is 5.28. The topological polar surface area (TPSA) is 38.0 Å². The van der Waals surface area contributed by atoms with Gasteiger partial charge in [-0.15, -0.1) is 0 Å². The second-order valence-electron chi connectivity index (χ2n) is 6.66. The standard InChI is InChI=1S/C7H16.C6H13N.C5H13N/c1-4-6-7(3)5-2;1-5-3-7-4-6(5)2;1-3-5(2)4-6/h7H,4-6H2,1-3H3;5-7H,3-4H2,1-2H3;5H,3-4,6H2,1-2H3. The zero-order valence-corrected chi connectivity index (χ0v) is 15.3. The smallest absolute Gasteiger partial charge is 0.00200 e. The summed E-state index contributed by atoms with van der Waals surface area (Å²) in [6.45, 7) is 19.0.